The highest BCUT2D eigenvalue weighted by atomic mass is 16.3. The first-order valence-electron chi connectivity index (χ1n) is 4.22. The van der Waals surface area contributed by atoms with E-state index in [1.807, 2.05) is 0 Å². The van der Waals surface area contributed by atoms with E-state index in [1.165, 1.54) is 0 Å². The van der Waals surface area contributed by atoms with Crippen LogP contribution in [0.3, 0.4) is 0 Å². The number of aliphatic hydroxyl groups is 3. The zero-order chi connectivity index (χ0) is 10.7. The van der Waals surface area contributed by atoms with E-state index in [4.69, 9.17) is 15.9 Å². The highest BCUT2D eigenvalue weighted by Gasteiger charge is 2.35. The first kappa shape index (κ1) is 12.8. The first-order chi connectivity index (χ1) is 5.77. The minimum Gasteiger partial charge on any atom is -0.394 e. The standard InChI is InChI=1S/C8H20N2O3/c1-7(2,4-11)10-8(3,5-12)6(9)13/h6,10-13H,4-5,9H2,1-3H3. The van der Waals surface area contributed by atoms with Gasteiger partial charge in [0.15, 0.2) is 0 Å². The first-order valence-corrected chi connectivity index (χ1v) is 4.22. The van der Waals surface area contributed by atoms with Crippen LogP contribution in [-0.4, -0.2) is 45.8 Å². The monoisotopic (exact) mass is 192 g/mol. The molecule has 5 nitrogen and oxygen atoms in total. The molecule has 0 aliphatic carbocycles. The quantitative estimate of drug-likeness (QED) is 0.337. The third kappa shape index (κ3) is 3.58. The van der Waals surface area contributed by atoms with Crippen molar-refractivity contribution in [1.82, 2.24) is 5.32 Å². The molecule has 5 heteroatoms. The maximum atomic E-state index is 9.20. The molecule has 6 N–H and O–H groups in total. The Morgan fingerprint density at radius 2 is 1.69 bits per heavy atom. The Morgan fingerprint density at radius 3 is 1.92 bits per heavy atom. The fourth-order valence-electron chi connectivity index (χ4n) is 1.02. The Morgan fingerprint density at radius 1 is 1.23 bits per heavy atom. The van der Waals surface area contributed by atoms with E-state index < -0.39 is 17.3 Å². The summed E-state index contributed by atoms with van der Waals surface area (Å²) in [4.78, 5) is 0. The minimum absolute atomic E-state index is 0.102. The van der Waals surface area contributed by atoms with E-state index in [-0.39, 0.29) is 13.2 Å². The average Bonchev–Trinajstić information content (AvgIpc) is 2.03. The van der Waals surface area contributed by atoms with Gasteiger partial charge < -0.3 is 21.1 Å². The lowest BCUT2D eigenvalue weighted by Crippen LogP contribution is -2.65. The Hall–Kier alpha value is -0.200. The number of hydrogen-bond acceptors (Lipinski definition) is 5. The van der Waals surface area contributed by atoms with Gasteiger partial charge in [-0.1, -0.05) is 0 Å². The zero-order valence-corrected chi connectivity index (χ0v) is 8.41. The van der Waals surface area contributed by atoms with Crippen molar-refractivity contribution >= 4 is 0 Å². The van der Waals surface area contributed by atoms with E-state index in [0.717, 1.165) is 0 Å². The summed E-state index contributed by atoms with van der Waals surface area (Å²) in [6, 6.07) is 0. The van der Waals surface area contributed by atoms with Crippen LogP contribution in [0.25, 0.3) is 0 Å². The van der Waals surface area contributed by atoms with Crippen LogP contribution >= 0.6 is 0 Å². The summed E-state index contributed by atoms with van der Waals surface area (Å²) in [7, 11) is 0. The van der Waals surface area contributed by atoms with E-state index in [2.05, 4.69) is 5.32 Å². The SMILES string of the molecule is CC(C)(CO)NC(C)(CO)C(N)O. The summed E-state index contributed by atoms with van der Waals surface area (Å²) in [6.07, 6.45) is -1.18. The van der Waals surface area contributed by atoms with Crippen LogP contribution in [0.4, 0.5) is 0 Å². The molecule has 0 aromatic carbocycles. The fraction of sp³-hybridized carbons (Fsp3) is 1.00. The second-order valence-corrected chi connectivity index (χ2v) is 4.19. The lowest BCUT2D eigenvalue weighted by atomic mass is 9.95. The summed E-state index contributed by atoms with van der Waals surface area (Å²) in [5, 5.41) is 30.1. The summed E-state index contributed by atoms with van der Waals surface area (Å²) < 4.78 is 0. The van der Waals surface area contributed by atoms with Gasteiger partial charge in [0, 0.05) is 5.54 Å². The highest BCUT2D eigenvalue weighted by Crippen LogP contribution is 2.12. The molecule has 2 unspecified atom stereocenters. The van der Waals surface area contributed by atoms with Crippen molar-refractivity contribution in [2.75, 3.05) is 13.2 Å². The van der Waals surface area contributed by atoms with Crippen molar-refractivity contribution in [2.24, 2.45) is 5.73 Å². The molecule has 13 heavy (non-hydrogen) atoms. The Balaban J connectivity index is 4.44. The highest BCUT2D eigenvalue weighted by molar-refractivity contribution is 4.93. The van der Waals surface area contributed by atoms with Gasteiger partial charge in [-0.25, -0.2) is 0 Å². The third-order valence-corrected chi connectivity index (χ3v) is 2.00. The van der Waals surface area contributed by atoms with Crippen LogP contribution in [0.15, 0.2) is 0 Å². The summed E-state index contributed by atoms with van der Waals surface area (Å²) >= 11 is 0. The Kier molecular flexibility index (Phi) is 4.28. The van der Waals surface area contributed by atoms with Gasteiger partial charge in [-0.3, -0.25) is 5.32 Å². The van der Waals surface area contributed by atoms with Gasteiger partial charge in [0.05, 0.1) is 18.8 Å². The molecular weight excluding hydrogens is 172 g/mol. The van der Waals surface area contributed by atoms with E-state index in [1.54, 1.807) is 20.8 Å². The van der Waals surface area contributed by atoms with Crippen molar-refractivity contribution < 1.29 is 15.3 Å². The molecule has 0 fully saturated rings. The Labute approximate surface area is 78.6 Å². The molecule has 0 aromatic heterocycles. The van der Waals surface area contributed by atoms with Gasteiger partial charge in [0.2, 0.25) is 0 Å². The van der Waals surface area contributed by atoms with E-state index in [0.29, 0.717) is 0 Å². The van der Waals surface area contributed by atoms with Gasteiger partial charge >= 0.3 is 0 Å². The second kappa shape index (κ2) is 4.34. The molecule has 0 spiro atoms. The van der Waals surface area contributed by atoms with Gasteiger partial charge in [-0.05, 0) is 20.8 Å². The summed E-state index contributed by atoms with van der Waals surface area (Å²) in [5.74, 6) is 0. The predicted molar refractivity (Wildman–Crippen MR) is 50.0 cm³/mol. The van der Waals surface area contributed by atoms with Gasteiger partial charge in [-0.2, -0.15) is 0 Å². The van der Waals surface area contributed by atoms with Crippen LogP contribution in [0.2, 0.25) is 0 Å². The molecule has 0 rings (SSSR count). The smallest absolute Gasteiger partial charge is 0.122 e. The summed E-state index contributed by atoms with van der Waals surface area (Å²) in [5.41, 5.74) is 3.72. The lowest BCUT2D eigenvalue weighted by Gasteiger charge is -2.39. The molecular formula is C8H20N2O3. The van der Waals surface area contributed by atoms with Crippen molar-refractivity contribution in [3.63, 3.8) is 0 Å². The Bertz CT molecular complexity index is 161. The van der Waals surface area contributed by atoms with Crippen molar-refractivity contribution in [1.29, 1.82) is 0 Å². The molecule has 0 amide bonds. The predicted octanol–water partition coefficient (Wildman–Crippen LogP) is -1.62. The maximum absolute atomic E-state index is 9.20. The largest absolute Gasteiger partial charge is 0.394 e. The van der Waals surface area contributed by atoms with Crippen LogP contribution in [-0.2, 0) is 0 Å². The van der Waals surface area contributed by atoms with Crippen molar-refractivity contribution in [3.8, 4) is 0 Å². The molecule has 2 atom stereocenters. The maximum Gasteiger partial charge on any atom is 0.122 e. The van der Waals surface area contributed by atoms with Crippen LogP contribution < -0.4 is 11.1 Å². The molecule has 0 bridgehead atoms. The molecule has 80 valence electrons. The summed E-state index contributed by atoms with van der Waals surface area (Å²) in [6.45, 7) is 4.70. The zero-order valence-electron chi connectivity index (χ0n) is 8.41. The molecule has 0 heterocycles. The van der Waals surface area contributed by atoms with Gasteiger partial charge in [-0.15, -0.1) is 0 Å². The van der Waals surface area contributed by atoms with Gasteiger partial charge in [0.25, 0.3) is 0 Å². The molecule has 0 aliphatic heterocycles. The second-order valence-electron chi connectivity index (χ2n) is 4.19. The average molecular weight is 192 g/mol. The van der Waals surface area contributed by atoms with Crippen molar-refractivity contribution in [2.45, 2.75) is 38.1 Å². The third-order valence-electron chi connectivity index (χ3n) is 2.00. The lowest BCUT2D eigenvalue weighted by molar-refractivity contribution is 0.00684. The number of nitrogens with two attached hydrogens (primary N) is 1. The number of nitrogens with one attached hydrogen (secondary N) is 1. The molecule has 0 aliphatic rings. The molecule has 0 saturated carbocycles. The fourth-order valence-corrected chi connectivity index (χ4v) is 1.02. The van der Waals surface area contributed by atoms with E-state index >= 15 is 0 Å². The minimum atomic E-state index is -1.18. The van der Waals surface area contributed by atoms with Crippen molar-refractivity contribution in [3.05, 3.63) is 0 Å². The topological polar surface area (TPSA) is 98.7 Å². The number of rotatable bonds is 5. The van der Waals surface area contributed by atoms with Crippen LogP contribution in [0.5, 0.6) is 0 Å². The normalized spacial score (nSPS) is 19.6. The molecule has 0 radical (unpaired) electrons. The van der Waals surface area contributed by atoms with Crippen LogP contribution in [0.1, 0.15) is 20.8 Å². The van der Waals surface area contributed by atoms with Crippen LogP contribution in [0, 0.1) is 0 Å². The van der Waals surface area contributed by atoms with Gasteiger partial charge in [0.1, 0.15) is 6.23 Å². The molecule has 0 aromatic rings. The molecule has 0 saturated heterocycles. The van der Waals surface area contributed by atoms with E-state index in [9.17, 15) is 5.11 Å². The number of hydrogen-bond donors (Lipinski definition) is 5. The number of aliphatic hydroxyl groups excluding tert-OH is 3.